The van der Waals surface area contributed by atoms with Gasteiger partial charge in [0.25, 0.3) is 0 Å². The molecule has 2 heteroatoms. The quantitative estimate of drug-likeness (QED) is 0.664. The minimum absolute atomic E-state index is 1.11. The number of anilines is 1. The molecule has 0 N–H and O–H groups in total. The van der Waals surface area contributed by atoms with Crippen LogP contribution in [0.3, 0.4) is 0 Å². The van der Waals surface area contributed by atoms with E-state index in [1.165, 1.54) is 19.2 Å². The van der Waals surface area contributed by atoms with Gasteiger partial charge in [0.05, 0.1) is 5.42 Å². The molecule has 0 atom stereocenters. The highest BCUT2D eigenvalue weighted by Gasteiger charge is 1.96. The third kappa shape index (κ3) is 5.14. The average molecular weight is 235 g/mol. The maximum absolute atomic E-state index is 3.65. The number of rotatable bonds is 4. The van der Waals surface area contributed by atoms with E-state index in [2.05, 4.69) is 43.4 Å². The second-order valence-electron chi connectivity index (χ2n) is 3.07. The number of hydrogen-bond acceptors (Lipinski definition) is 1. The van der Waals surface area contributed by atoms with Crippen LogP contribution in [-0.2, 0) is 6.42 Å². The zero-order chi connectivity index (χ0) is 12.4. The van der Waals surface area contributed by atoms with E-state index in [4.69, 9.17) is 0 Å². The normalized spacial score (nSPS) is 10.0. The van der Waals surface area contributed by atoms with Gasteiger partial charge in [-0.3, -0.25) is 0 Å². The van der Waals surface area contributed by atoms with E-state index >= 15 is 0 Å². The predicted molar refractivity (Wildman–Crippen MR) is 77.4 cm³/mol. The summed E-state index contributed by atoms with van der Waals surface area (Å²) in [5, 5.41) is 0. The fourth-order valence-electron chi connectivity index (χ4n) is 1.10. The van der Waals surface area contributed by atoms with Gasteiger partial charge in [-0.15, -0.1) is 0 Å². The molecule has 0 aliphatic heterocycles. The van der Waals surface area contributed by atoms with E-state index in [9.17, 15) is 0 Å². The molecule has 0 unspecified atom stereocenters. The zero-order valence-corrected chi connectivity index (χ0v) is 11.7. The molecule has 0 saturated carbocycles. The van der Waals surface area contributed by atoms with E-state index < -0.39 is 0 Å². The molecule has 0 aromatic carbocycles. The Kier molecular flexibility index (Phi) is 8.56. The highest BCUT2D eigenvalue weighted by molar-refractivity contribution is 7.33. The van der Waals surface area contributed by atoms with Crippen molar-refractivity contribution in [3.8, 4) is 0 Å². The van der Waals surface area contributed by atoms with Crippen LogP contribution in [0.1, 0.15) is 26.3 Å². The van der Waals surface area contributed by atoms with Crippen molar-refractivity contribution in [2.24, 2.45) is 0 Å². The van der Waals surface area contributed by atoms with Crippen LogP contribution in [0.4, 0.5) is 5.42 Å². The van der Waals surface area contributed by atoms with Crippen molar-refractivity contribution >= 4 is 13.6 Å². The first kappa shape index (κ1) is 14.9. The minimum atomic E-state index is 1.11. The van der Waals surface area contributed by atoms with Crippen LogP contribution in [0.25, 0.3) is 0 Å². The summed E-state index contributed by atoms with van der Waals surface area (Å²) in [6.45, 7) is 9.83. The predicted octanol–water partition coefficient (Wildman–Crippen LogP) is 4.99. The molecular formula is C14H22NP. The summed E-state index contributed by atoms with van der Waals surface area (Å²) in [5.41, 5.74) is 2.71. The van der Waals surface area contributed by atoms with Crippen LogP contribution in [0.5, 0.6) is 0 Å². The smallest absolute Gasteiger partial charge is 0.0679 e. The van der Waals surface area contributed by atoms with E-state index in [1.807, 2.05) is 26.1 Å². The van der Waals surface area contributed by atoms with Crippen molar-refractivity contribution in [3.63, 3.8) is 0 Å². The lowest BCUT2D eigenvalue weighted by atomic mass is 10.2. The van der Waals surface area contributed by atoms with E-state index in [1.54, 1.807) is 6.08 Å². The van der Waals surface area contributed by atoms with E-state index in [0.29, 0.717) is 0 Å². The van der Waals surface area contributed by atoms with Crippen molar-refractivity contribution < 1.29 is 0 Å². The summed E-state index contributed by atoms with van der Waals surface area (Å²) >= 11 is 0. The zero-order valence-electron chi connectivity index (χ0n) is 10.8. The van der Waals surface area contributed by atoms with Gasteiger partial charge >= 0.3 is 0 Å². The molecule has 0 bridgehead atoms. The molecule has 1 heterocycles. The van der Waals surface area contributed by atoms with Crippen molar-refractivity contribution in [1.29, 1.82) is 0 Å². The monoisotopic (exact) mass is 235 g/mol. The van der Waals surface area contributed by atoms with Crippen LogP contribution in [0, 0.1) is 0 Å². The summed E-state index contributed by atoms with van der Waals surface area (Å²) < 4.78 is 0. The Morgan fingerprint density at radius 3 is 2.50 bits per heavy atom. The largest absolute Gasteiger partial charge is 0.347 e. The van der Waals surface area contributed by atoms with Crippen molar-refractivity contribution in [3.05, 3.63) is 48.4 Å². The molecule has 0 aliphatic rings. The molecule has 88 valence electrons. The van der Waals surface area contributed by atoms with Gasteiger partial charge in [0.2, 0.25) is 0 Å². The van der Waals surface area contributed by atoms with Gasteiger partial charge in [0.15, 0.2) is 0 Å². The average Bonchev–Trinajstić information content (AvgIpc) is 2.38. The number of allylic oxidation sites excluding steroid dienone is 2. The van der Waals surface area contributed by atoms with Gasteiger partial charge < -0.3 is 4.90 Å². The number of hydrogen-bond donors (Lipinski definition) is 0. The lowest BCUT2D eigenvalue weighted by Crippen LogP contribution is -2.05. The van der Waals surface area contributed by atoms with E-state index in [-0.39, 0.29) is 0 Å². The number of aryl methyl sites for hydroxylation is 1. The summed E-state index contributed by atoms with van der Waals surface area (Å²) in [6, 6.07) is 4.36. The SMILES string of the molecule is C=C/C=C\N(C)c1ccc(CC)cp1.CC. The Morgan fingerprint density at radius 1 is 1.38 bits per heavy atom. The molecule has 1 rings (SSSR count). The van der Waals surface area contributed by atoms with Crippen LogP contribution in [0.2, 0.25) is 0 Å². The Labute approximate surface area is 102 Å². The number of nitrogens with zero attached hydrogens (tertiary/aromatic N) is 1. The summed E-state index contributed by atoms with van der Waals surface area (Å²) in [6.07, 6.45) is 6.86. The Balaban J connectivity index is 0.00000106. The molecule has 0 amide bonds. The third-order valence-corrected chi connectivity index (χ3v) is 3.21. The molecule has 1 aromatic heterocycles. The molecule has 16 heavy (non-hydrogen) atoms. The lowest BCUT2D eigenvalue weighted by molar-refractivity contribution is 1.15. The molecule has 1 nitrogen and oxygen atoms in total. The second-order valence-corrected chi connectivity index (χ2v) is 4.04. The third-order valence-electron chi connectivity index (χ3n) is 2.02. The highest BCUT2D eigenvalue weighted by Crippen LogP contribution is 2.25. The topological polar surface area (TPSA) is 3.24 Å². The van der Waals surface area contributed by atoms with Crippen LogP contribution in [0.15, 0.2) is 42.9 Å². The van der Waals surface area contributed by atoms with Gasteiger partial charge in [-0.1, -0.05) is 39.5 Å². The van der Waals surface area contributed by atoms with Crippen molar-refractivity contribution in [1.82, 2.24) is 0 Å². The first-order valence-electron chi connectivity index (χ1n) is 5.75. The lowest BCUT2D eigenvalue weighted by Gasteiger charge is -2.13. The van der Waals surface area contributed by atoms with Crippen LogP contribution < -0.4 is 4.90 Å². The molecule has 1 aromatic rings. The van der Waals surface area contributed by atoms with Crippen LogP contribution in [-0.4, -0.2) is 7.05 Å². The minimum Gasteiger partial charge on any atom is -0.347 e. The summed E-state index contributed by atoms with van der Waals surface area (Å²) in [7, 11) is 3.32. The molecule has 0 spiro atoms. The second kappa shape index (κ2) is 9.18. The first-order chi connectivity index (χ1) is 7.77. The maximum atomic E-state index is 3.65. The standard InChI is InChI=1S/C12H16NP.C2H6/c1-4-6-9-13(3)12-8-7-11(5-2)10-14-12;1-2/h4,6-10H,1,5H2,2-3H3;1-2H3/b9-6-;. The van der Waals surface area contributed by atoms with E-state index in [0.717, 1.165) is 6.42 Å². The fraction of sp³-hybridized carbons (Fsp3) is 0.357. The Morgan fingerprint density at radius 2 is 2.06 bits per heavy atom. The van der Waals surface area contributed by atoms with Gasteiger partial charge in [-0.25, -0.2) is 0 Å². The molecule has 0 fully saturated rings. The Hall–Kier alpha value is -1.07. The summed E-state index contributed by atoms with van der Waals surface area (Å²) in [4.78, 5) is 2.11. The maximum Gasteiger partial charge on any atom is 0.0679 e. The molecule has 0 radical (unpaired) electrons. The highest BCUT2D eigenvalue weighted by atomic mass is 31.0. The van der Waals surface area contributed by atoms with Crippen molar-refractivity contribution in [2.75, 3.05) is 11.9 Å². The molecular weight excluding hydrogens is 213 g/mol. The van der Waals surface area contributed by atoms with Crippen LogP contribution >= 0.6 is 8.19 Å². The van der Waals surface area contributed by atoms with Crippen molar-refractivity contribution in [2.45, 2.75) is 27.2 Å². The molecule has 0 aliphatic carbocycles. The molecule has 0 saturated heterocycles. The Bertz CT molecular complexity index is 314. The van der Waals surface area contributed by atoms with Gasteiger partial charge in [-0.2, -0.15) is 0 Å². The fourth-order valence-corrected chi connectivity index (χ4v) is 2.08. The first-order valence-corrected chi connectivity index (χ1v) is 6.71. The van der Waals surface area contributed by atoms with Gasteiger partial charge in [0.1, 0.15) is 0 Å². The summed E-state index contributed by atoms with van der Waals surface area (Å²) in [5.74, 6) is 2.26. The van der Waals surface area contributed by atoms with Gasteiger partial charge in [0, 0.05) is 13.2 Å². The van der Waals surface area contributed by atoms with Gasteiger partial charge in [-0.05, 0) is 38.1 Å².